The molecule has 0 bridgehead atoms. The van der Waals surface area contributed by atoms with E-state index in [4.69, 9.17) is 0 Å². The van der Waals surface area contributed by atoms with Crippen molar-refractivity contribution in [1.82, 2.24) is 15.1 Å². The van der Waals surface area contributed by atoms with Crippen molar-refractivity contribution in [2.24, 2.45) is 0 Å². The SMILES string of the molecule is CN1CCN(C)C(CNC(=O)c2ccc3c(c2)NCC3)C1. The molecule has 5 heteroatoms. The molecule has 0 aliphatic carbocycles. The van der Waals surface area contributed by atoms with E-state index in [1.807, 2.05) is 12.1 Å². The lowest BCUT2D eigenvalue weighted by Crippen LogP contribution is -2.54. The van der Waals surface area contributed by atoms with Gasteiger partial charge in [-0.1, -0.05) is 6.07 Å². The zero-order chi connectivity index (χ0) is 14.8. The number of benzene rings is 1. The number of amides is 1. The summed E-state index contributed by atoms with van der Waals surface area (Å²) >= 11 is 0. The van der Waals surface area contributed by atoms with Crippen LogP contribution in [0.1, 0.15) is 15.9 Å². The minimum absolute atomic E-state index is 0.0214. The monoisotopic (exact) mass is 288 g/mol. The number of rotatable bonds is 3. The van der Waals surface area contributed by atoms with E-state index in [0.717, 1.165) is 43.9 Å². The van der Waals surface area contributed by atoms with Gasteiger partial charge in [0.15, 0.2) is 0 Å². The molecule has 0 radical (unpaired) electrons. The Morgan fingerprint density at radius 3 is 3.10 bits per heavy atom. The second-order valence-corrected chi connectivity index (χ2v) is 6.16. The van der Waals surface area contributed by atoms with Crippen LogP contribution in [0.2, 0.25) is 0 Å². The summed E-state index contributed by atoms with van der Waals surface area (Å²) in [5.41, 5.74) is 3.16. The summed E-state index contributed by atoms with van der Waals surface area (Å²) in [5.74, 6) is 0.0214. The minimum Gasteiger partial charge on any atom is -0.384 e. The predicted molar refractivity (Wildman–Crippen MR) is 84.9 cm³/mol. The zero-order valence-corrected chi connectivity index (χ0v) is 12.9. The molecule has 1 unspecified atom stereocenters. The average molecular weight is 288 g/mol. The van der Waals surface area contributed by atoms with Gasteiger partial charge >= 0.3 is 0 Å². The van der Waals surface area contributed by atoms with E-state index in [0.29, 0.717) is 12.6 Å². The van der Waals surface area contributed by atoms with Crippen molar-refractivity contribution in [3.05, 3.63) is 29.3 Å². The lowest BCUT2D eigenvalue weighted by Gasteiger charge is -2.37. The molecule has 0 spiro atoms. The third-order valence-electron chi connectivity index (χ3n) is 4.56. The summed E-state index contributed by atoms with van der Waals surface area (Å²) in [6, 6.07) is 6.34. The van der Waals surface area contributed by atoms with E-state index >= 15 is 0 Å². The Morgan fingerprint density at radius 1 is 1.38 bits per heavy atom. The lowest BCUT2D eigenvalue weighted by atomic mass is 10.1. The topological polar surface area (TPSA) is 47.6 Å². The number of anilines is 1. The van der Waals surface area contributed by atoms with Gasteiger partial charge in [-0.05, 0) is 38.2 Å². The maximum Gasteiger partial charge on any atom is 0.251 e. The minimum atomic E-state index is 0.0214. The Morgan fingerprint density at radius 2 is 2.24 bits per heavy atom. The largest absolute Gasteiger partial charge is 0.384 e. The molecule has 1 fully saturated rings. The van der Waals surface area contributed by atoms with Crippen molar-refractivity contribution in [2.75, 3.05) is 52.1 Å². The van der Waals surface area contributed by atoms with Crippen molar-refractivity contribution >= 4 is 11.6 Å². The first-order chi connectivity index (χ1) is 10.1. The van der Waals surface area contributed by atoms with Gasteiger partial charge in [-0.25, -0.2) is 0 Å². The Hall–Kier alpha value is -1.59. The Labute approximate surface area is 126 Å². The first-order valence-corrected chi connectivity index (χ1v) is 7.67. The maximum absolute atomic E-state index is 12.3. The number of nitrogens with zero attached hydrogens (tertiary/aromatic N) is 2. The molecular weight excluding hydrogens is 264 g/mol. The molecule has 1 amide bonds. The summed E-state index contributed by atoms with van der Waals surface area (Å²) in [5, 5.41) is 6.39. The summed E-state index contributed by atoms with van der Waals surface area (Å²) in [7, 11) is 4.26. The van der Waals surface area contributed by atoms with Gasteiger partial charge in [0.25, 0.3) is 5.91 Å². The molecule has 1 aromatic rings. The highest BCUT2D eigenvalue weighted by molar-refractivity contribution is 5.95. The molecule has 0 saturated carbocycles. The second kappa shape index (κ2) is 6.03. The Kier molecular flexibility index (Phi) is 4.12. The summed E-state index contributed by atoms with van der Waals surface area (Å²) in [6.07, 6.45) is 1.05. The van der Waals surface area contributed by atoms with E-state index in [2.05, 4.69) is 40.6 Å². The predicted octanol–water partition coefficient (Wildman–Crippen LogP) is 0.630. The van der Waals surface area contributed by atoms with Crippen LogP contribution in [0.4, 0.5) is 5.69 Å². The fourth-order valence-corrected chi connectivity index (χ4v) is 3.07. The highest BCUT2D eigenvalue weighted by atomic mass is 16.1. The van der Waals surface area contributed by atoms with Gasteiger partial charge < -0.3 is 15.5 Å². The van der Waals surface area contributed by atoms with E-state index in [1.165, 1.54) is 5.56 Å². The number of hydrogen-bond acceptors (Lipinski definition) is 4. The van der Waals surface area contributed by atoms with Crippen LogP contribution in [0.25, 0.3) is 0 Å². The fourth-order valence-electron chi connectivity index (χ4n) is 3.07. The van der Waals surface area contributed by atoms with Gasteiger partial charge in [-0.2, -0.15) is 0 Å². The number of likely N-dealkylation sites (N-methyl/N-ethyl adjacent to an activating group) is 2. The molecule has 1 saturated heterocycles. The van der Waals surface area contributed by atoms with Crippen molar-refractivity contribution in [1.29, 1.82) is 0 Å². The molecular formula is C16H24N4O. The number of piperazine rings is 1. The summed E-state index contributed by atoms with van der Waals surface area (Å²) < 4.78 is 0. The fraction of sp³-hybridized carbons (Fsp3) is 0.562. The van der Waals surface area contributed by atoms with Gasteiger partial charge in [0, 0.05) is 50.0 Å². The first-order valence-electron chi connectivity index (χ1n) is 7.67. The van der Waals surface area contributed by atoms with Gasteiger partial charge in [0.1, 0.15) is 0 Å². The number of hydrogen-bond donors (Lipinski definition) is 2. The number of fused-ring (bicyclic) bond motifs is 1. The molecule has 2 aliphatic heterocycles. The third kappa shape index (κ3) is 3.19. The molecule has 2 N–H and O–H groups in total. The molecule has 5 nitrogen and oxygen atoms in total. The summed E-state index contributed by atoms with van der Waals surface area (Å²) in [6.45, 7) is 4.82. The van der Waals surface area contributed by atoms with Crippen LogP contribution >= 0.6 is 0 Å². The van der Waals surface area contributed by atoms with Gasteiger partial charge in [0.05, 0.1) is 0 Å². The van der Waals surface area contributed by atoms with E-state index in [9.17, 15) is 4.79 Å². The first kappa shape index (κ1) is 14.4. The molecule has 1 atom stereocenters. The van der Waals surface area contributed by atoms with Crippen LogP contribution in [0.5, 0.6) is 0 Å². The molecule has 2 aliphatic rings. The van der Waals surface area contributed by atoms with Crippen LogP contribution in [-0.2, 0) is 6.42 Å². The van der Waals surface area contributed by atoms with E-state index in [1.54, 1.807) is 0 Å². The van der Waals surface area contributed by atoms with Crippen LogP contribution in [0, 0.1) is 0 Å². The smallest absolute Gasteiger partial charge is 0.251 e. The second-order valence-electron chi connectivity index (χ2n) is 6.16. The highest BCUT2D eigenvalue weighted by Gasteiger charge is 2.22. The maximum atomic E-state index is 12.3. The summed E-state index contributed by atoms with van der Waals surface area (Å²) in [4.78, 5) is 16.9. The normalized spacial score (nSPS) is 22.7. The van der Waals surface area contributed by atoms with Crippen molar-refractivity contribution in [2.45, 2.75) is 12.5 Å². The molecule has 3 rings (SSSR count). The van der Waals surface area contributed by atoms with Crippen LogP contribution in [0.15, 0.2) is 18.2 Å². The Bertz CT molecular complexity index is 531. The van der Waals surface area contributed by atoms with E-state index < -0.39 is 0 Å². The standard InChI is InChI=1S/C16H24N4O/c1-19-7-8-20(2)14(11-19)10-18-16(21)13-4-3-12-5-6-17-15(12)9-13/h3-4,9,14,17H,5-8,10-11H2,1-2H3,(H,18,21). The van der Waals surface area contributed by atoms with Crippen molar-refractivity contribution in [3.63, 3.8) is 0 Å². The number of carbonyl (C=O) groups is 1. The molecule has 1 aromatic carbocycles. The van der Waals surface area contributed by atoms with Crippen molar-refractivity contribution in [3.8, 4) is 0 Å². The zero-order valence-electron chi connectivity index (χ0n) is 12.9. The molecule has 2 heterocycles. The van der Waals surface area contributed by atoms with Gasteiger partial charge in [-0.15, -0.1) is 0 Å². The average Bonchev–Trinajstić information content (AvgIpc) is 2.95. The van der Waals surface area contributed by atoms with Crippen LogP contribution in [0.3, 0.4) is 0 Å². The quantitative estimate of drug-likeness (QED) is 0.856. The van der Waals surface area contributed by atoms with E-state index in [-0.39, 0.29) is 5.91 Å². The molecule has 114 valence electrons. The third-order valence-corrected chi connectivity index (χ3v) is 4.56. The molecule has 21 heavy (non-hydrogen) atoms. The number of carbonyl (C=O) groups excluding carboxylic acids is 1. The van der Waals surface area contributed by atoms with Crippen LogP contribution in [-0.4, -0.2) is 68.6 Å². The Balaban J connectivity index is 1.59. The lowest BCUT2D eigenvalue weighted by molar-refractivity contribution is 0.0881. The molecule has 0 aromatic heterocycles. The van der Waals surface area contributed by atoms with Crippen molar-refractivity contribution < 1.29 is 4.79 Å². The van der Waals surface area contributed by atoms with Crippen LogP contribution < -0.4 is 10.6 Å². The number of nitrogens with one attached hydrogen (secondary N) is 2. The highest BCUT2D eigenvalue weighted by Crippen LogP contribution is 2.23. The van der Waals surface area contributed by atoms with Gasteiger partial charge in [0.2, 0.25) is 0 Å². The van der Waals surface area contributed by atoms with Gasteiger partial charge in [-0.3, -0.25) is 9.69 Å².